The van der Waals surface area contributed by atoms with E-state index in [0.717, 1.165) is 48.8 Å². The summed E-state index contributed by atoms with van der Waals surface area (Å²) >= 11 is 0. The third-order valence-electron chi connectivity index (χ3n) is 8.34. The maximum Gasteiger partial charge on any atom is 0.344 e. The molecule has 0 bridgehead atoms. The molecule has 0 radical (unpaired) electrons. The van der Waals surface area contributed by atoms with Crippen LogP contribution in [0.5, 0.6) is 5.75 Å². The molecule has 2 aromatic carbocycles. The van der Waals surface area contributed by atoms with E-state index in [0.29, 0.717) is 35.9 Å². The van der Waals surface area contributed by atoms with Crippen molar-refractivity contribution in [3.63, 3.8) is 0 Å². The largest absolute Gasteiger partial charge is 0.493 e. The predicted octanol–water partition coefficient (Wildman–Crippen LogP) is 10.1. The smallest absolute Gasteiger partial charge is 0.344 e. The molecule has 3 aromatic rings. The van der Waals surface area contributed by atoms with E-state index in [-0.39, 0.29) is 11.6 Å². The van der Waals surface area contributed by atoms with E-state index < -0.39 is 0 Å². The number of hydrogen-bond donors (Lipinski definition) is 0. The molecule has 5 heteroatoms. The third-order valence-corrected chi connectivity index (χ3v) is 8.34. The third kappa shape index (κ3) is 10.4. The molecule has 0 amide bonds. The van der Waals surface area contributed by atoms with Gasteiger partial charge in [0.1, 0.15) is 11.3 Å². The lowest BCUT2D eigenvalue weighted by atomic mass is 9.93. The van der Waals surface area contributed by atoms with Gasteiger partial charge in [0.15, 0.2) is 0 Å². The van der Waals surface area contributed by atoms with Crippen LogP contribution in [0.2, 0.25) is 0 Å². The molecule has 0 unspecified atom stereocenters. The van der Waals surface area contributed by atoms with Crippen LogP contribution in [0.15, 0.2) is 63.8 Å². The summed E-state index contributed by atoms with van der Waals surface area (Å²) in [7, 11) is 0. The summed E-state index contributed by atoms with van der Waals surface area (Å²) in [6, 6.07) is 14.5. The molecule has 1 fully saturated rings. The van der Waals surface area contributed by atoms with Crippen molar-refractivity contribution in [3.8, 4) is 16.9 Å². The first-order valence-corrected chi connectivity index (χ1v) is 16.6. The van der Waals surface area contributed by atoms with Crippen molar-refractivity contribution >= 4 is 16.9 Å². The number of unbranched alkanes of at least 4 members (excludes halogenated alkanes) is 10. The molecule has 0 saturated heterocycles. The van der Waals surface area contributed by atoms with Crippen molar-refractivity contribution in [2.24, 2.45) is 0 Å². The molecule has 0 atom stereocenters. The zero-order valence-corrected chi connectivity index (χ0v) is 26.4. The van der Waals surface area contributed by atoms with Crippen LogP contribution < -0.4 is 10.4 Å². The fourth-order valence-corrected chi connectivity index (χ4v) is 5.61. The lowest BCUT2D eigenvalue weighted by Gasteiger charge is -2.12. The molecular formula is C38H50O5. The minimum atomic E-state index is -0.290. The highest BCUT2D eigenvalue weighted by Gasteiger charge is 2.27. The first-order valence-electron chi connectivity index (χ1n) is 16.6. The molecule has 232 valence electrons. The van der Waals surface area contributed by atoms with Gasteiger partial charge in [-0.15, -0.1) is 0 Å². The Hall–Kier alpha value is -3.34. The van der Waals surface area contributed by atoms with Crippen molar-refractivity contribution in [2.75, 3.05) is 13.2 Å². The Bertz CT molecular complexity index is 1400. The Balaban J connectivity index is 1.18. The summed E-state index contributed by atoms with van der Waals surface area (Å²) in [6.45, 7) is 8.65. The Kier molecular flexibility index (Phi) is 12.9. The molecule has 0 N–H and O–H groups in total. The highest BCUT2D eigenvalue weighted by molar-refractivity contribution is 5.87. The van der Waals surface area contributed by atoms with E-state index in [4.69, 9.17) is 13.9 Å². The van der Waals surface area contributed by atoms with E-state index in [9.17, 15) is 9.59 Å². The molecule has 1 aliphatic carbocycles. The number of rotatable bonds is 20. The summed E-state index contributed by atoms with van der Waals surface area (Å²) in [5.41, 5.74) is 5.12. The molecule has 43 heavy (non-hydrogen) atoms. The number of fused-ring (bicyclic) bond motifs is 1. The number of carbonyl (C=O) groups is 1. The highest BCUT2D eigenvalue weighted by atomic mass is 16.5. The fourth-order valence-electron chi connectivity index (χ4n) is 5.61. The monoisotopic (exact) mass is 586 g/mol. The molecule has 4 rings (SSSR count). The van der Waals surface area contributed by atoms with Gasteiger partial charge in [-0.1, -0.05) is 89.5 Å². The SMILES string of the molecule is C=C(C)C(=O)OCCCCCCCCCCCOc1ccc2cc(-c3ccc(CCCCC)cc3C3CC3)c(=O)oc2c1. The molecule has 0 aliphatic heterocycles. The van der Waals surface area contributed by atoms with Crippen molar-refractivity contribution in [2.45, 2.75) is 116 Å². The number of ether oxygens (including phenoxy) is 2. The number of hydrogen-bond acceptors (Lipinski definition) is 5. The van der Waals surface area contributed by atoms with Crippen LogP contribution in [-0.4, -0.2) is 19.2 Å². The Morgan fingerprint density at radius 3 is 2.21 bits per heavy atom. The lowest BCUT2D eigenvalue weighted by molar-refractivity contribution is -0.139. The van der Waals surface area contributed by atoms with Crippen LogP contribution >= 0.6 is 0 Å². The quantitative estimate of drug-likeness (QED) is 0.0570. The molecule has 5 nitrogen and oxygen atoms in total. The predicted molar refractivity (Wildman–Crippen MR) is 176 cm³/mol. The lowest BCUT2D eigenvalue weighted by Crippen LogP contribution is -2.05. The molecule has 0 spiro atoms. The van der Waals surface area contributed by atoms with Gasteiger partial charge in [0.05, 0.1) is 18.8 Å². The van der Waals surface area contributed by atoms with Gasteiger partial charge >= 0.3 is 11.6 Å². The van der Waals surface area contributed by atoms with Crippen LogP contribution in [0.25, 0.3) is 22.1 Å². The molecule has 1 heterocycles. The molecule has 1 saturated carbocycles. The summed E-state index contributed by atoms with van der Waals surface area (Å²) in [5, 5.41) is 0.920. The van der Waals surface area contributed by atoms with E-state index in [2.05, 4.69) is 31.7 Å². The van der Waals surface area contributed by atoms with Gasteiger partial charge in [0.2, 0.25) is 0 Å². The van der Waals surface area contributed by atoms with Gasteiger partial charge in [0, 0.05) is 17.0 Å². The second kappa shape index (κ2) is 17.1. The van der Waals surface area contributed by atoms with Crippen molar-refractivity contribution in [1.82, 2.24) is 0 Å². The fraction of sp³-hybridized carbons (Fsp3) is 0.526. The molecule has 1 aromatic heterocycles. The van der Waals surface area contributed by atoms with Gasteiger partial charge in [0.25, 0.3) is 0 Å². The normalized spacial score (nSPS) is 12.9. The first kappa shape index (κ1) is 32.6. The van der Waals surface area contributed by atoms with Gasteiger partial charge in [-0.25, -0.2) is 9.59 Å². The zero-order valence-electron chi connectivity index (χ0n) is 26.4. The second-order valence-electron chi connectivity index (χ2n) is 12.2. The molecule has 1 aliphatic rings. The minimum absolute atomic E-state index is 0.281. The van der Waals surface area contributed by atoms with Crippen LogP contribution in [0.1, 0.15) is 121 Å². The van der Waals surface area contributed by atoms with Gasteiger partial charge in [-0.05, 0) is 86.3 Å². The average molecular weight is 587 g/mol. The van der Waals surface area contributed by atoms with Crippen molar-refractivity contribution in [1.29, 1.82) is 0 Å². The van der Waals surface area contributed by atoms with Crippen molar-refractivity contribution in [3.05, 3.63) is 76.2 Å². The van der Waals surface area contributed by atoms with Crippen molar-refractivity contribution < 1.29 is 18.7 Å². The number of carbonyl (C=O) groups excluding carboxylic acids is 1. The Morgan fingerprint density at radius 1 is 0.837 bits per heavy atom. The van der Waals surface area contributed by atoms with Gasteiger partial charge in [-0.3, -0.25) is 0 Å². The van der Waals surface area contributed by atoms with Crippen LogP contribution in [0.3, 0.4) is 0 Å². The number of esters is 1. The highest BCUT2D eigenvalue weighted by Crippen LogP contribution is 2.44. The van der Waals surface area contributed by atoms with E-state index in [1.165, 1.54) is 75.3 Å². The number of benzene rings is 2. The first-order chi connectivity index (χ1) is 21.0. The summed E-state index contributed by atoms with van der Waals surface area (Å²) in [6.07, 6.45) is 17.4. The standard InChI is InChI=1S/C38H50O5/c1-4-5-13-16-29-17-22-33(34(25-29)30-18-19-30)35-26-31-20-21-32(27-36(31)43-38(35)40)41-23-14-11-9-7-6-8-10-12-15-24-42-37(39)28(2)3/h17,20-22,25-27,30H,2,4-16,18-19,23-24H2,1,3H3. The van der Waals surface area contributed by atoms with Crippen LogP contribution in [0, 0.1) is 0 Å². The topological polar surface area (TPSA) is 65.7 Å². The minimum Gasteiger partial charge on any atom is -0.493 e. The maximum absolute atomic E-state index is 13.1. The van der Waals surface area contributed by atoms with Gasteiger partial charge in [-0.2, -0.15) is 0 Å². The zero-order chi connectivity index (χ0) is 30.4. The van der Waals surface area contributed by atoms with E-state index in [1.54, 1.807) is 6.92 Å². The molecular weight excluding hydrogens is 536 g/mol. The van der Waals surface area contributed by atoms with E-state index in [1.807, 2.05) is 24.3 Å². The Morgan fingerprint density at radius 2 is 1.53 bits per heavy atom. The van der Waals surface area contributed by atoms with Crippen LogP contribution in [0.4, 0.5) is 0 Å². The average Bonchev–Trinajstić information content (AvgIpc) is 3.85. The maximum atomic E-state index is 13.1. The van der Waals surface area contributed by atoms with Gasteiger partial charge < -0.3 is 13.9 Å². The van der Waals surface area contributed by atoms with E-state index >= 15 is 0 Å². The Labute approximate surface area is 257 Å². The second-order valence-corrected chi connectivity index (χ2v) is 12.2. The number of aryl methyl sites for hydroxylation is 1. The summed E-state index contributed by atoms with van der Waals surface area (Å²) in [5.74, 6) is 1.01. The summed E-state index contributed by atoms with van der Waals surface area (Å²) < 4.78 is 16.9. The summed E-state index contributed by atoms with van der Waals surface area (Å²) in [4.78, 5) is 24.5. The van der Waals surface area contributed by atoms with Crippen LogP contribution in [-0.2, 0) is 16.0 Å².